The molecule has 17 heavy (non-hydrogen) atoms. The number of amidine groups is 1. The van der Waals surface area contributed by atoms with Crippen molar-refractivity contribution in [1.29, 1.82) is 0 Å². The van der Waals surface area contributed by atoms with Crippen molar-refractivity contribution in [2.24, 2.45) is 10.1 Å². The summed E-state index contributed by atoms with van der Waals surface area (Å²) in [4.78, 5) is 0. The highest BCUT2D eigenvalue weighted by atomic mass is 32.2. The maximum Gasteiger partial charge on any atom is 0.344 e. The van der Waals surface area contributed by atoms with Gasteiger partial charge in [0.1, 0.15) is 5.75 Å². The number of nitrogens with zero attached hydrogens (tertiary/aromatic N) is 1. The van der Waals surface area contributed by atoms with Crippen molar-refractivity contribution in [3.8, 4) is 5.75 Å². The first-order valence-electron chi connectivity index (χ1n) is 5.18. The van der Waals surface area contributed by atoms with E-state index in [1.54, 1.807) is 18.2 Å². The van der Waals surface area contributed by atoms with Gasteiger partial charge in [-0.3, -0.25) is 4.72 Å². The number of anilines is 1. The van der Waals surface area contributed by atoms with E-state index in [2.05, 4.69) is 9.12 Å². The molecule has 0 atom stereocenters. The minimum Gasteiger partial charge on any atom is -0.493 e. The van der Waals surface area contributed by atoms with E-state index >= 15 is 0 Å². The van der Waals surface area contributed by atoms with Crippen LogP contribution in [0.3, 0.4) is 0 Å². The SMILES string of the molecule is CCCOc1cccc2c1C(N)=NS(=O)(=O)N2. The van der Waals surface area contributed by atoms with Crippen molar-refractivity contribution in [2.45, 2.75) is 13.3 Å². The standard InChI is InChI=1S/C10H13N3O3S/c1-2-6-16-8-5-3-4-7-9(8)10(11)13-17(14,15)12-7/h3-5,12H,2,6H2,1H3,(H2,11,13). The zero-order valence-electron chi connectivity index (χ0n) is 9.30. The van der Waals surface area contributed by atoms with Gasteiger partial charge in [-0.2, -0.15) is 8.42 Å². The predicted molar refractivity (Wildman–Crippen MR) is 65.5 cm³/mol. The Bertz CT molecular complexity index is 566. The summed E-state index contributed by atoms with van der Waals surface area (Å²) in [6.45, 7) is 2.52. The van der Waals surface area contributed by atoms with Gasteiger partial charge in [-0.25, -0.2) is 0 Å². The third-order valence-corrected chi connectivity index (χ3v) is 3.12. The van der Waals surface area contributed by atoms with Crippen molar-refractivity contribution in [2.75, 3.05) is 11.3 Å². The molecule has 6 nitrogen and oxygen atoms in total. The van der Waals surface area contributed by atoms with E-state index in [0.29, 0.717) is 23.6 Å². The normalized spacial score (nSPS) is 16.6. The van der Waals surface area contributed by atoms with Crippen LogP contribution in [0.1, 0.15) is 18.9 Å². The Hall–Kier alpha value is -1.76. The Labute approximate surface area is 99.7 Å². The van der Waals surface area contributed by atoms with Gasteiger partial charge in [-0.15, -0.1) is 4.40 Å². The minimum absolute atomic E-state index is 0.0505. The molecule has 0 bridgehead atoms. The summed E-state index contributed by atoms with van der Waals surface area (Å²) < 4.78 is 33.9. The second kappa shape index (κ2) is 4.25. The number of hydrogen-bond acceptors (Lipinski definition) is 4. The molecule has 0 fully saturated rings. The second-order valence-corrected chi connectivity index (χ2v) is 4.92. The summed E-state index contributed by atoms with van der Waals surface area (Å²) in [5, 5.41) is 0. The van der Waals surface area contributed by atoms with Gasteiger partial charge < -0.3 is 10.5 Å². The second-order valence-electron chi connectivity index (χ2n) is 3.58. The molecule has 1 aromatic carbocycles. The lowest BCUT2D eigenvalue weighted by molar-refractivity contribution is 0.317. The molecule has 1 heterocycles. The van der Waals surface area contributed by atoms with Crippen molar-refractivity contribution >= 4 is 21.7 Å². The van der Waals surface area contributed by atoms with Crippen LogP contribution in [0.25, 0.3) is 0 Å². The molecule has 2 rings (SSSR count). The number of rotatable bonds is 3. The average molecular weight is 255 g/mol. The van der Waals surface area contributed by atoms with E-state index in [4.69, 9.17) is 10.5 Å². The molecule has 1 aliphatic rings. The lowest BCUT2D eigenvalue weighted by Gasteiger charge is -2.18. The molecule has 0 aliphatic carbocycles. The highest BCUT2D eigenvalue weighted by Crippen LogP contribution is 2.30. The summed E-state index contributed by atoms with van der Waals surface area (Å²) >= 11 is 0. The number of benzene rings is 1. The summed E-state index contributed by atoms with van der Waals surface area (Å²) in [6.07, 6.45) is 0.854. The maximum absolute atomic E-state index is 11.3. The molecule has 3 N–H and O–H groups in total. The largest absolute Gasteiger partial charge is 0.493 e. The summed E-state index contributed by atoms with van der Waals surface area (Å²) in [6, 6.07) is 5.05. The Balaban J connectivity index is 2.49. The molecular formula is C10H13N3O3S. The molecule has 0 aromatic heterocycles. The summed E-state index contributed by atoms with van der Waals surface area (Å²) in [7, 11) is -3.73. The fraction of sp³-hybridized carbons (Fsp3) is 0.300. The van der Waals surface area contributed by atoms with Gasteiger partial charge >= 0.3 is 10.2 Å². The van der Waals surface area contributed by atoms with Crippen molar-refractivity contribution in [3.05, 3.63) is 23.8 Å². The van der Waals surface area contributed by atoms with Crippen LogP contribution in [0.4, 0.5) is 5.69 Å². The van der Waals surface area contributed by atoms with Gasteiger partial charge in [-0.05, 0) is 18.6 Å². The van der Waals surface area contributed by atoms with E-state index in [9.17, 15) is 8.42 Å². The Morgan fingerprint density at radius 3 is 2.94 bits per heavy atom. The average Bonchev–Trinajstić information content (AvgIpc) is 2.23. The smallest absolute Gasteiger partial charge is 0.344 e. The number of ether oxygens (including phenoxy) is 1. The van der Waals surface area contributed by atoms with E-state index in [-0.39, 0.29) is 5.84 Å². The summed E-state index contributed by atoms with van der Waals surface area (Å²) in [5.74, 6) is 0.485. The van der Waals surface area contributed by atoms with E-state index < -0.39 is 10.2 Å². The van der Waals surface area contributed by atoms with Gasteiger partial charge in [0, 0.05) is 0 Å². The Kier molecular flexibility index (Phi) is 2.93. The van der Waals surface area contributed by atoms with Gasteiger partial charge in [-0.1, -0.05) is 13.0 Å². The molecular weight excluding hydrogens is 242 g/mol. The molecule has 0 unspecified atom stereocenters. The van der Waals surface area contributed by atoms with Crippen LogP contribution in [-0.2, 0) is 10.2 Å². The van der Waals surface area contributed by atoms with Crippen molar-refractivity contribution in [1.82, 2.24) is 0 Å². The molecule has 1 aromatic rings. The van der Waals surface area contributed by atoms with Crippen LogP contribution >= 0.6 is 0 Å². The van der Waals surface area contributed by atoms with Gasteiger partial charge in [0.25, 0.3) is 0 Å². The number of hydrogen-bond donors (Lipinski definition) is 2. The van der Waals surface area contributed by atoms with Crippen LogP contribution in [-0.4, -0.2) is 20.9 Å². The summed E-state index contributed by atoms with van der Waals surface area (Å²) in [5.41, 5.74) is 6.54. The minimum atomic E-state index is -3.73. The van der Waals surface area contributed by atoms with Crippen LogP contribution < -0.4 is 15.2 Å². The van der Waals surface area contributed by atoms with E-state index in [1.807, 2.05) is 6.92 Å². The van der Waals surface area contributed by atoms with Gasteiger partial charge in [0.05, 0.1) is 17.9 Å². The number of nitrogens with two attached hydrogens (primary N) is 1. The Morgan fingerprint density at radius 1 is 1.47 bits per heavy atom. The molecule has 7 heteroatoms. The fourth-order valence-corrected chi connectivity index (χ4v) is 2.39. The molecule has 92 valence electrons. The monoisotopic (exact) mass is 255 g/mol. The van der Waals surface area contributed by atoms with Gasteiger partial charge in [0.15, 0.2) is 5.84 Å². The molecule has 0 amide bonds. The quantitative estimate of drug-likeness (QED) is 0.837. The van der Waals surface area contributed by atoms with Gasteiger partial charge in [0.2, 0.25) is 0 Å². The lowest BCUT2D eigenvalue weighted by atomic mass is 10.1. The number of fused-ring (bicyclic) bond motifs is 1. The zero-order valence-corrected chi connectivity index (χ0v) is 10.1. The first-order valence-corrected chi connectivity index (χ1v) is 6.62. The van der Waals surface area contributed by atoms with E-state index in [0.717, 1.165) is 6.42 Å². The molecule has 1 aliphatic heterocycles. The molecule has 0 saturated carbocycles. The molecule has 0 radical (unpaired) electrons. The topological polar surface area (TPSA) is 93.8 Å². The van der Waals surface area contributed by atoms with Crippen LogP contribution in [0.5, 0.6) is 5.75 Å². The van der Waals surface area contributed by atoms with Crippen LogP contribution in [0, 0.1) is 0 Å². The predicted octanol–water partition coefficient (Wildman–Crippen LogP) is 0.851. The molecule has 0 spiro atoms. The number of nitrogens with one attached hydrogen (secondary N) is 1. The first kappa shape index (κ1) is 11.7. The first-order chi connectivity index (χ1) is 8.03. The fourth-order valence-electron chi connectivity index (χ4n) is 1.55. The lowest BCUT2D eigenvalue weighted by Crippen LogP contribution is -2.27. The zero-order chi connectivity index (χ0) is 12.5. The Morgan fingerprint density at radius 2 is 2.24 bits per heavy atom. The van der Waals surface area contributed by atoms with E-state index in [1.165, 1.54) is 0 Å². The van der Waals surface area contributed by atoms with Crippen molar-refractivity contribution in [3.63, 3.8) is 0 Å². The third-order valence-electron chi connectivity index (χ3n) is 2.20. The highest BCUT2D eigenvalue weighted by molar-refractivity contribution is 7.91. The van der Waals surface area contributed by atoms with Crippen LogP contribution in [0.15, 0.2) is 22.6 Å². The van der Waals surface area contributed by atoms with Crippen LogP contribution in [0.2, 0.25) is 0 Å². The van der Waals surface area contributed by atoms with Crippen molar-refractivity contribution < 1.29 is 13.2 Å². The highest BCUT2D eigenvalue weighted by Gasteiger charge is 2.23. The maximum atomic E-state index is 11.3. The third kappa shape index (κ3) is 2.33. The molecule has 0 saturated heterocycles.